The highest BCUT2D eigenvalue weighted by Crippen LogP contribution is 2.30. The van der Waals surface area contributed by atoms with Gasteiger partial charge >= 0.3 is 0 Å². The lowest BCUT2D eigenvalue weighted by molar-refractivity contribution is 0.217. The molecule has 2 rings (SSSR count). The van der Waals surface area contributed by atoms with Gasteiger partial charge in [0.05, 0.1) is 12.1 Å². The van der Waals surface area contributed by atoms with Crippen LogP contribution in [-0.2, 0) is 12.1 Å². The molecule has 1 aliphatic rings. The van der Waals surface area contributed by atoms with E-state index in [1.54, 1.807) is 0 Å². The number of hydrogen-bond acceptors (Lipinski definition) is 6. The maximum absolute atomic E-state index is 5.94. The van der Waals surface area contributed by atoms with Crippen LogP contribution in [0, 0.1) is 0 Å². The normalized spacial score (nSPS) is 20.1. The van der Waals surface area contributed by atoms with E-state index in [-0.39, 0.29) is 12.4 Å². The van der Waals surface area contributed by atoms with Crippen molar-refractivity contribution in [1.82, 2.24) is 15.0 Å². The van der Waals surface area contributed by atoms with Gasteiger partial charge in [0.15, 0.2) is 5.82 Å². The summed E-state index contributed by atoms with van der Waals surface area (Å²) in [5, 5.41) is 3.95. The van der Waals surface area contributed by atoms with Crippen molar-refractivity contribution in [2.24, 2.45) is 5.73 Å². The summed E-state index contributed by atoms with van der Waals surface area (Å²) in [6, 6.07) is 0. The van der Waals surface area contributed by atoms with Crippen LogP contribution in [0.25, 0.3) is 0 Å². The van der Waals surface area contributed by atoms with Crippen LogP contribution in [0.15, 0.2) is 4.52 Å². The van der Waals surface area contributed by atoms with Crippen molar-refractivity contribution in [3.63, 3.8) is 0 Å². The molecule has 0 unspecified atom stereocenters. The molecule has 110 valence electrons. The first-order chi connectivity index (χ1) is 8.26. The summed E-state index contributed by atoms with van der Waals surface area (Å²) in [4.78, 5) is 6.73. The molecule has 1 saturated heterocycles. The standard InChI is InChI=1S/C12H22N4OS.ClH/c1-11(2)8-16(5-6-18-11)7-9-14-10(15-17-9)12(3,4)13;/h5-8,13H2,1-4H3;1H. The maximum Gasteiger partial charge on any atom is 0.240 e. The van der Waals surface area contributed by atoms with Gasteiger partial charge in [0, 0.05) is 23.6 Å². The van der Waals surface area contributed by atoms with Gasteiger partial charge in [-0.2, -0.15) is 16.7 Å². The average Bonchev–Trinajstić information content (AvgIpc) is 2.63. The highest BCUT2D eigenvalue weighted by atomic mass is 35.5. The molecular weight excluding hydrogens is 284 g/mol. The van der Waals surface area contributed by atoms with E-state index in [1.165, 1.54) is 0 Å². The minimum atomic E-state index is -0.543. The minimum Gasteiger partial charge on any atom is -0.338 e. The first kappa shape index (κ1) is 16.8. The Balaban J connectivity index is 0.00000180. The van der Waals surface area contributed by atoms with Crippen LogP contribution in [0.1, 0.15) is 39.4 Å². The predicted octanol–water partition coefficient (Wildman–Crippen LogP) is 2.01. The van der Waals surface area contributed by atoms with Crippen molar-refractivity contribution in [2.75, 3.05) is 18.8 Å². The Labute approximate surface area is 125 Å². The van der Waals surface area contributed by atoms with Crippen molar-refractivity contribution >= 4 is 24.2 Å². The van der Waals surface area contributed by atoms with Gasteiger partial charge in [-0.1, -0.05) is 5.16 Å². The Morgan fingerprint density at radius 2 is 2.16 bits per heavy atom. The van der Waals surface area contributed by atoms with Crippen molar-refractivity contribution in [1.29, 1.82) is 0 Å². The summed E-state index contributed by atoms with van der Waals surface area (Å²) >= 11 is 2.02. The van der Waals surface area contributed by atoms with Gasteiger partial charge < -0.3 is 10.3 Å². The van der Waals surface area contributed by atoms with Gasteiger partial charge in [0.25, 0.3) is 0 Å². The molecule has 1 aromatic heterocycles. The molecule has 0 saturated carbocycles. The van der Waals surface area contributed by atoms with Gasteiger partial charge in [0.1, 0.15) is 0 Å². The lowest BCUT2D eigenvalue weighted by Gasteiger charge is -2.36. The van der Waals surface area contributed by atoms with Crippen molar-refractivity contribution in [3.8, 4) is 0 Å². The smallest absolute Gasteiger partial charge is 0.240 e. The van der Waals surface area contributed by atoms with E-state index in [9.17, 15) is 0 Å². The molecule has 1 fully saturated rings. The quantitative estimate of drug-likeness (QED) is 0.921. The average molecular weight is 307 g/mol. The molecule has 0 aromatic carbocycles. The second kappa shape index (κ2) is 5.99. The number of rotatable bonds is 3. The van der Waals surface area contributed by atoms with Gasteiger partial charge in [0.2, 0.25) is 5.89 Å². The van der Waals surface area contributed by atoms with E-state index in [0.29, 0.717) is 23.0 Å². The van der Waals surface area contributed by atoms with Gasteiger partial charge in [-0.3, -0.25) is 4.90 Å². The molecule has 0 amide bonds. The first-order valence-electron chi connectivity index (χ1n) is 6.24. The third-order valence-electron chi connectivity index (χ3n) is 2.91. The van der Waals surface area contributed by atoms with E-state index in [1.807, 2.05) is 25.6 Å². The molecule has 2 heterocycles. The van der Waals surface area contributed by atoms with Crippen molar-refractivity contribution in [3.05, 3.63) is 11.7 Å². The Morgan fingerprint density at radius 1 is 1.47 bits per heavy atom. The van der Waals surface area contributed by atoms with Crippen molar-refractivity contribution < 1.29 is 4.52 Å². The van der Waals surface area contributed by atoms with Gasteiger partial charge in [-0.05, 0) is 27.7 Å². The first-order valence-corrected chi connectivity index (χ1v) is 7.23. The van der Waals surface area contributed by atoms with E-state index >= 15 is 0 Å². The van der Waals surface area contributed by atoms with E-state index in [0.717, 1.165) is 18.8 Å². The molecule has 0 bridgehead atoms. The van der Waals surface area contributed by atoms with Gasteiger partial charge in [-0.15, -0.1) is 12.4 Å². The Bertz CT molecular complexity index is 416. The molecular formula is C12H23ClN4OS. The molecule has 0 atom stereocenters. The molecule has 7 heteroatoms. The second-order valence-corrected chi connectivity index (χ2v) is 7.85. The largest absolute Gasteiger partial charge is 0.338 e. The molecule has 0 radical (unpaired) electrons. The molecule has 0 spiro atoms. The summed E-state index contributed by atoms with van der Waals surface area (Å²) in [5.74, 6) is 2.38. The number of nitrogens with two attached hydrogens (primary N) is 1. The predicted molar refractivity (Wildman–Crippen MR) is 80.6 cm³/mol. The second-order valence-electron chi connectivity index (χ2n) is 6.05. The zero-order chi connectivity index (χ0) is 13.4. The summed E-state index contributed by atoms with van der Waals surface area (Å²) in [5.41, 5.74) is 5.40. The fraction of sp³-hybridized carbons (Fsp3) is 0.833. The number of aromatic nitrogens is 2. The fourth-order valence-electron chi connectivity index (χ4n) is 2.02. The fourth-order valence-corrected chi connectivity index (χ4v) is 3.20. The summed E-state index contributed by atoms with van der Waals surface area (Å²) in [7, 11) is 0. The summed E-state index contributed by atoms with van der Waals surface area (Å²) in [6.07, 6.45) is 0. The third kappa shape index (κ3) is 4.63. The number of hydrogen-bond donors (Lipinski definition) is 1. The van der Waals surface area contributed by atoms with Crippen molar-refractivity contribution in [2.45, 2.75) is 44.5 Å². The Morgan fingerprint density at radius 3 is 2.68 bits per heavy atom. The SMILES string of the molecule is CC1(C)CN(Cc2nc(C(C)(C)N)no2)CCS1.Cl. The lowest BCUT2D eigenvalue weighted by Crippen LogP contribution is -2.42. The zero-order valence-corrected chi connectivity index (χ0v) is 13.6. The molecule has 1 aromatic rings. The zero-order valence-electron chi connectivity index (χ0n) is 12.0. The van der Waals surface area contributed by atoms with Crippen LogP contribution < -0.4 is 5.73 Å². The molecule has 2 N–H and O–H groups in total. The monoisotopic (exact) mass is 306 g/mol. The summed E-state index contributed by atoms with van der Waals surface area (Å²) in [6.45, 7) is 11.1. The Kier molecular flexibility index (Phi) is 5.28. The molecule has 19 heavy (non-hydrogen) atoms. The number of halogens is 1. The Hall–Kier alpha value is -0.300. The van der Waals surface area contributed by atoms with E-state index < -0.39 is 5.54 Å². The van der Waals surface area contributed by atoms with Crippen LogP contribution in [0.4, 0.5) is 0 Å². The third-order valence-corrected chi connectivity index (χ3v) is 4.21. The highest BCUT2D eigenvalue weighted by Gasteiger charge is 2.28. The number of thioether (sulfide) groups is 1. The van der Waals surface area contributed by atoms with Crippen LogP contribution >= 0.6 is 24.2 Å². The minimum absolute atomic E-state index is 0. The van der Waals surface area contributed by atoms with E-state index in [2.05, 4.69) is 28.9 Å². The number of nitrogens with zero attached hydrogens (tertiary/aromatic N) is 3. The van der Waals surface area contributed by atoms with Gasteiger partial charge in [-0.25, -0.2) is 0 Å². The lowest BCUT2D eigenvalue weighted by atomic mass is 10.1. The molecule has 0 aliphatic carbocycles. The van der Waals surface area contributed by atoms with Crippen LogP contribution in [0.3, 0.4) is 0 Å². The van der Waals surface area contributed by atoms with Crippen LogP contribution in [-0.4, -0.2) is 38.6 Å². The topological polar surface area (TPSA) is 68.2 Å². The van der Waals surface area contributed by atoms with Crippen LogP contribution in [0.2, 0.25) is 0 Å². The van der Waals surface area contributed by atoms with Crippen LogP contribution in [0.5, 0.6) is 0 Å². The maximum atomic E-state index is 5.94. The van der Waals surface area contributed by atoms with E-state index in [4.69, 9.17) is 10.3 Å². The summed E-state index contributed by atoms with van der Waals surface area (Å²) < 4.78 is 5.57. The molecule has 5 nitrogen and oxygen atoms in total. The highest BCUT2D eigenvalue weighted by molar-refractivity contribution is 8.00. The molecule has 1 aliphatic heterocycles.